The summed E-state index contributed by atoms with van der Waals surface area (Å²) in [7, 11) is 0. The highest BCUT2D eigenvalue weighted by Crippen LogP contribution is 2.30. The summed E-state index contributed by atoms with van der Waals surface area (Å²) < 4.78 is 2.23. The molecule has 0 saturated carbocycles. The molecule has 0 aliphatic carbocycles. The van der Waals surface area contributed by atoms with Gasteiger partial charge < -0.3 is 9.88 Å². The molecule has 0 radical (unpaired) electrons. The Bertz CT molecular complexity index is 1080. The van der Waals surface area contributed by atoms with E-state index in [9.17, 15) is 4.79 Å². The molecule has 130 valence electrons. The van der Waals surface area contributed by atoms with Gasteiger partial charge in [0, 0.05) is 28.5 Å². The molecule has 1 amide bonds. The van der Waals surface area contributed by atoms with Crippen molar-refractivity contribution in [3.05, 3.63) is 71.2 Å². The van der Waals surface area contributed by atoms with Gasteiger partial charge in [0.25, 0.3) is 5.91 Å². The van der Waals surface area contributed by atoms with Gasteiger partial charge >= 0.3 is 0 Å². The van der Waals surface area contributed by atoms with Gasteiger partial charge in [0.2, 0.25) is 0 Å². The van der Waals surface area contributed by atoms with Crippen molar-refractivity contribution in [3.8, 4) is 10.7 Å². The summed E-state index contributed by atoms with van der Waals surface area (Å²) in [5.74, 6) is -0.185. The third kappa shape index (κ3) is 3.02. The zero-order chi connectivity index (χ0) is 18.1. The van der Waals surface area contributed by atoms with E-state index < -0.39 is 0 Å². The van der Waals surface area contributed by atoms with Crippen molar-refractivity contribution in [2.45, 2.75) is 20.4 Å². The highest BCUT2D eigenvalue weighted by Gasteiger charge is 2.16. The highest BCUT2D eigenvalue weighted by molar-refractivity contribution is 7.13. The van der Waals surface area contributed by atoms with Crippen LogP contribution in [0, 0.1) is 6.92 Å². The molecule has 2 heterocycles. The maximum absolute atomic E-state index is 12.5. The largest absolute Gasteiger partial charge is 0.339 e. The molecule has 2 aromatic carbocycles. The van der Waals surface area contributed by atoms with Crippen molar-refractivity contribution >= 4 is 33.8 Å². The van der Waals surface area contributed by atoms with Gasteiger partial charge in [0.1, 0.15) is 10.7 Å². The second-order valence-corrected chi connectivity index (χ2v) is 7.05. The van der Waals surface area contributed by atoms with Gasteiger partial charge in [-0.3, -0.25) is 4.79 Å². The van der Waals surface area contributed by atoms with Gasteiger partial charge in [0.15, 0.2) is 0 Å². The topological polar surface area (TPSA) is 46.9 Å². The lowest BCUT2D eigenvalue weighted by Gasteiger charge is -2.05. The van der Waals surface area contributed by atoms with Crippen LogP contribution in [0.1, 0.15) is 23.0 Å². The van der Waals surface area contributed by atoms with Crippen molar-refractivity contribution in [1.82, 2.24) is 9.55 Å². The lowest BCUT2D eigenvalue weighted by atomic mass is 10.2. The normalized spacial score (nSPS) is 11.0. The highest BCUT2D eigenvalue weighted by atomic mass is 32.1. The summed E-state index contributed by atoms with van der Waals surface area (Å²) in [6, 6.07) is 18.2. The zero-order valence-corrected chi connectivity index (χ0v) is 15.5. The fraction of sp³-hybridized carbons (Fsp3) is 0.143. The number of nitrogens with one attached hydrogen (secondary N) is 1. The minimum absolute atomic E-state index is 0.185. The quantitative estimate of drug-likeness (QED) is 0.533. The first-order chi connectivity index (χ1) is 12.7. The predicted molar refractivity (Wildman–Crippen MR) is 108 cm³/mol. The number of para-hydroxylation sites is 1. The monoisotopic (exact) mass is 361 g/mol. The fourth-order valence-corrected chi connectivity index (χ4v) is 3.88. The van der Waals surface area contributed by atoms with E-state index in [1.807, 2.05) is 48.7 Å². The van der Waals surface area contributed by atoms with Crippen LogP contribution in [0.5, 0.6) is 0 Å². The van der Waals surface area contributed by atoms with Crippen LogP contribution < -0.4 is 5.32 Å². The number of benzene rings is 2. The third-order valence-corrected chi connectivity index (χ3v) is 5.26. The van der Waals surface area contributed by atoms with Crippen LogP contribution in [-0.4, -0.2) is 15.5 Å². The van der Waals surface area contributed by atoms with Gasteiger partial charge in [-0.05, 0) is 38.1 Å². The van der Waals surface area contributed by atoms with Crippen LogP contribution in [0.4, 0.5) is 5.69 Å². The van der Waals surface area contributed by atoms with E-state index in [0.29, 0.717) is 5.69 Å². The molecule has 1 N–H and O–H groups in total. The summed E-state index contributed by atoms with van der Waals surface area (Å²) in [5.41, 5.74) is 4.61. The van der Waals surface area contributed by atoms with E-state index >= 15 is 0 Å². The first kappa shape index (κ1) is 16.5. The van der Waals surface area contributed by atoms with E-state index in [2.05, 4.69) is 40.0 Å². The molecule has 0 aliphatic rings. The Balaban J connectivity index is 1.64. The molecule has 0 saturated heterocycles. The Hall–Kier alpha value is -2.92. The molecular formula is C21H19N3OS. The molecule has 0 aliphatic heterocycles. The Morgan fingerprint density at radius 3 is 2.69 bits per heavy atom. The van der Waals surface area contributed by atoms with Crippen LogP contribution in [0.3, 0.4) is 0 Å². The maximum atomic E-state index is 12.5. The number of rotatable bonds is 4. The molecule has 5 heteroatoms. The Labute approximate surface area is 156 Å². The summed E-state index contributed by atoms with van der Waals surface area (Å²) in [6.45, 7) is 4.99. The van der Waals surface area contributed by atoms with Crippen LogP contribution in [-0.2, 0) is 6.54 Å². The number of carbonyl (C=O) groups excluding carboxylic acids is 1. The summed E-state index contributed by atoms with van der Waals surface area (Å²) >= 11 is 1.50. The van der Waals surface area contributed by atoms with E-state index in [1.54, 1.807) is 0 Å². The van der Waals surface area contributed by atoms with Gasteiger partial charge in [-0.25, -0.2) is 4.98 Å². The lowest BCUT2D eigenvalue weighted by Crippen LogP contribution is -2.12. The molecule has 0 fully saturated rings. The summed E-state index contributed by atoms with van der Waals surface area (Å²) in [6.07, 6.45) is 0. The van der Waals surface area contributed by atoms with Crippen LogP contribution in [0.15, 0.2) is 60.0 Å². The Morgan fingerprint density at radius 2 is 1.92 bits per heavy atom. The van der Waals surface area contributed by atoms with E-state index in [4.69, 9.17) is 0 Å². The van der Waals surface area contributed by atoms with E-state index in [-0.39, 0.29) is 5.91 Å². The van der Waals surface area contributed by atoms with Gasteiger partial charge in [-0.2, -0.15) is 0 Å². The van der Waals surface area contributed by atoms with E-state index in [1.165, 1.54) is 22.2 Å². The number of thiazole rings is 1. The number of anilines is 1. The average Bonchev–Trinajstić information content (AvgIpc) is 3.27. The maximum Gasteiger partial charge on any atom is 0.275 e. The van der Waals surface area contributed by atoms with Crippen LogP contribution >= 0.6 is 11.3 Å². The number of hydrogen-bond donors (Lipinski definition) is 1. The lowest BCUT2D eigenvalue weighted by molar-refractivity contribution is 0.102. The molecule has 0 bridgehead atoms. The molecule has 4 nitrogen and oxygen atoms in total. The fourth-order valence-electron chi connectivity index (χ4n) is 3.06. The molecule has 26 heavy (non-hydrogen) atoms. The standard InChI is InChI=1S/C21H19N3OS/c1-3-24-18-7-5-4-6-15(18)12-19(24)21-23-17(13-26-21)20(25)22-16-10-8-14(2)9-11-16/h4-13H,3H2,1-2H3,(H,22,25). The number of fused-ring (bicyclic) bond motifs is 1. The summed E-state index contributed by atoms with van der Waals surface area (Å²) in [4.78, 5) is 17.1. The number of aromatic nitrogens is 2. The number of nitrogens with zero attached hydrogens (tertiary/aromatic N) is 2. The second-order valence-electron chi connectivity index (χ2n) is 6.19. The number of carbonyl (C=O) groups is 1. The third-order valence-electron chi connectivity index (χ3n) is 4.39. The number of amides is 1. The number of hydrogen-bond acceptors (Lipinski definition) is 3. The Kier molecular flexibility index (Phi) is 4.31. The predicted octanol–water partition coefficient (Wildman–Crippen LogP) is 5.35. The van der Waals surface area contributed by atoms with Crippen molar-refractivity contribution in [2.24, 2.45) is 0 Å². The second kappa shape index (κ2) is 6.77. The summed E-state index contributed by atoms with van der Waals surface area (Å²) in [5, 5.41) is 6.76. The van der Waals surface area contributed by atoms with Crippen LogP contribution in [0.25, 0.3) is 21.6 Å². The number of aryl methyl sites for hydroxylation is 2. The zero-order valence-electron chi connectivity index (χ0n) is 14.7. The van der Waals surface area contributed by atoms with Gasteiger partial charge in [-0.15, -0.1) is 11.3 Å². The van der Waals surface area contributed by atoms with Crippen molar-refractivity contribution in [3.63, 3.8) is 0 Å². The van der Waals surface area contributed by atoms with Gasteiger partial charge in [0.05, 0.1) is 5.69 Å². The minimum atomic E-state index is -0.185. The van der Waals surface area contributed by atoms with Crippen molar-refractivity contribution in [1.29, 1.82) is 0 Å². The van der Waals surface area contributed by atoms with Crippen LogP contribution in [0.2, 0.25) is 0 Å². The smallest absolute Gasteiger partial charge is 0.275 e. The molecule has 4 aromatic rings. The van der Waals surface area contributed by atoms with Crippen molar-refractivity contribution in [2.75, 3.05) is 5.32 Å². The first-order valence-corrected chi connectivity index (χ1v) is 9.46. The molecule has 0 spiro atoms. The molecule has 2 aromatic heterocycles. The average molecular weight is 361 g/mol. The van der Waals surface area contributed by atoms with E-state index in [0.717, 1.165) is 28.5 Å². The molecule has 0 atom stereocenters. The molecule has 0 unspecified atom stereocenters. The SMILES string of the molecule is CCn1c(-c2nc(C(=O)Nc3ccc(C)cc3)cs2)cc2ccccc21. The Morgan fingerprint density at radius 1 is 1.15 bits per heavy atom. The van der Waals surface area contributed by atoms with Gasteiger partial charge in [-0.1, -0.05) is 35.9 Å². The molecule has 4 rings (SSSR count). The minimum Gasteiger partial charge on any atom is -0.339 e. The van der Waals surface area contributed by atoms with Crippen molar-refractivity contribution < 1.29 is 4.79 Å². The molecular weight excluding hydrogens is 342 g/mol. The first-order valence-electron chi connectivity index (χ1n) is 8.58.